The van der Waals surface area contributed by atoms with Crippen molar-refractivity contribution in [3.8, 4) is 0 Å². The van der Waals surface area contributed by atoms with Gasteiger partial charge in [0.2, 0.25) is 0 Å². The maximum Gasteiger partial charge on any atom is 0.305 e. The Labute approximate surface area is 115 Å². The van der Waals surface area contributed by atoms with Crippen LogP contribution >= 0.6 is 15.9 Å². The molecule has 0 spiro atoms. The average molecular weight is 327 g/mol. The molecule has 19 heavy (non-hydrogen) atoms. The first-order valence-corrected chi connectivity index (χ1v) is 5.77. The van der Waals surface area contributed by atoms with Crippen LogP contribution in [0.4, 0.5) is 11.5 Å². The third-order valence-corrected chi connectivity index (χ3v) is 2.49. The molecule has 0 unspecified atom stereocenters. The van der Waals surface area contributed by atoms with Crippen LogP contribution < -0.4 is 10.9 Å². The normalized spacial score (nSPS) is 9.95. The Morgan fingerprint density at radius 3 is 2.68 bits per heavy atom. The van der Waals surface area contributed by atoms with Gasteiger partial charge >= 0.3 is 5.91 Å². The Hall–Kier alpha value is -2.42. The molecule has 2 aromatic rings. The minimum absolute atomic E-state index is 0.112. The Kier molecular flexibility index (Phi) is 3.76. The van der Waals surface area contributed by atoms with E-state index in [1.807, 2.05) is 0 Å². The highest BCUT2D eigenvalue weighted by molar-refractivity contribution is 9.10. The summed E-state index contributed by atoms with van der Waals surface area (Å²) in [6, 6.07) is 5.71. The van der Waals surface area contributed by atoms with E-state index < -0.39 is 10.8 Å². The molecule has 1 amide bonds. The Morgan fingerprint density at radius 1 is 1.37 bits per heavy atom. The predicted molar refractivity (Wildman–Crippen MR) is 68.4 cm³/mol. The van der Waals surface area contributed by atoms with Crippen molar-refractivity contribution in [2.24, 2.45) is 0 Å². The van der Waals surface area contributed by atoms with Gasteiger partial charge < -0.3 is 4.42 Å². The number of carbonyl (C=O) groups is 1. The van der Waals surface area contributed by atoms with Crippen molar-refractivity contribution in [2.45, 2.75) is 0 Å². The minimum atomic E-state index is -0.560. The van der Waals surface area contributed by atoms with Crippen LogP contribution in [0.3, 0.4) is 0 Å². The molecule has 0 aliphatic rings. The first kappa shape index (κ1) is 13.0. The number of amides is 1. The van der Waals surface area contributed by atoms with Crippen molar-refractivity contribution in [1.29, 1.82) is 0 Å². The molecule has 9 heteroatoms. The molecular formula is C10H7BrN4O4. The number of hydrogen-bond acceptors (Lipinski definition) is 6. The largest absolute Gasteiger partial charge is 0.444 e. The van der Waals surface area contributed by atoms with E-state index in [0.717, 1.165) is 6.20 Å². The molecule has 2 heterocycles. The average Bonchev–Trinajstić information content (AvgIpc) is 2.83. The Morgan fingerprint density at radius 2 is 2.16 bits per heavy atom. The van der Waals surface area contributed by atoms with Crippen LogP contribution in [-0.2, 0) is 0 Å². The molecule has 2 rings (SSSR count). The fourth-order valence-corrected chi connectivity index (χ4v) is 1.49. The van der Waals surface area contributed by atoms with E-state index in [-0.39, 0.29) is 17.3 Å². The van der Waals surface area contributed by atoms with Crippen LogP contribution in [0, 0.1) is 10.1 Å². The number of hydrazine groups is 1. The molecule has 0 saturated carbocycles. The summed E-state index contributed by atoms with van der Waals surface area (Å²) in [4.78, 5) is 25.2. The van der Waals surface area contributed by atoms with Crippen LogP contribution in [0.25, 0.3) is 0 Å². The highest BCUT2D eigenvalue weighted by atomic mass is 79.9. The summed E-state index contributed by atoms with van der Waals surface area (Å²) in [6.45, 7) is 0. The molecule has 2 aromatic heterocycles. The standard InChI is InChI=1S/C10H7BrN4O4/c11-8-3-2-7(19-8)10(16)14-13-9-4-1-6(5-12-9)15(17)18/h1-5H,(H,12,13)(H,14,16). The number of furan rings is 1. The molecule has 0 radical (unpaired) electrons. The molecule has 0 atom stereocenters. The van der Waals surface area contributed by atoms with E-state index in [9.17, 15) is 14.9 Å². The summed E-state index contributed by atoms with van der Waals surface area (Å²) < 4.78 is 5.48. The first-order valence-electron chi connectivity index (χ1n) is 4.98. The number of rotatable bonds is 4. The summed E-state index contributed by atoms with van der Waals surface area (Å²) in [5.74, 6) is -0.114. The maximum atomic E-state index is 11.6. The molecule has 0 bridgehead atoms. The molecule has 0 aliphatic heterocycles. The summed E-state index contributed by atoms with van der Waals surface area (Å²) in [7, 11) is 0. The third-order valence-electron chi connectivity index (χ3n) is 2.06. The van der Waals surface area contributed by atoms with Crippen molar-refractivity contribution in [3.63, 3.8) is 0 Å². The van der Waals surface area contributed by atoms with Gasteiger partial charge in [-0.3, -0.25) is 25.8 Å². The SMILES string of the molecule is O=C(NNc1ccc([N+](=O)[O-])cn1)c1ccc(Br)o1. The number of nitrogens with one attached hydrogen (secondary N) is 2. The second-order valence-electron chi connectivity index (χ2n) is 3.34. The first-order chi connectivity index (χ1) is 9.06. The van der Waals surface area contributed by atoms with E-state index in [0.29, 0.717) is 4.67 Å². The van der Waals surface area contributed by atoms with Gasteiger partial charge in [0.05, 0.1) is 4.92 Å². The fraction of sp³-hybridized carbons (Fsp3) is 0. The van der Waals surface area contributed by atoms with Gasteiger partial charge in [-0.2, -0.15) is 0 Å². The smallest absolute Gasteiger partial charge is 0.305 e. The summed E-state index contributed by atoms with van der Waals surface area (Å²) >= 11 is 3.07. The number of hydrogen-bond donors (Lipinski definition) is 2. The summed E-state index contributed by atoms with van der Waals surface area (Å²) in [6.07, 6.45) is 1.08. The zero-order valence-corrected chi connectivity index (χ0v) is 10.9. The predicted octanol–water partition coefficient (Wildman–Crippen LogP) is 2.10. The molecule has 8 nitrogen and oxygen atoms in total. The van der Waals surface area contributed by atoms with Gasteiger partial charge in [-0.05, 0) is 34.1 Å². The number of aromatic nitrogens is 1. The number of carbonyl (C=O) groups excluding carboxylic acids is 1. The quantitative estimate of drug-likeness (QED) is 0.657. The maximum absolute atomic E-state index is 11.6. The van der Waals surface area contributed by atoms with Crippen molar-refractivity contribution in [3.05, 3.63) is 51.0 Å². The zero-order valence-electron chi connectivity index (χ0n) is 9.29. The lowest BCUT2D eigenvalue weighted by atomic mass is 10.4. The number of halogens is 1. The highest BCUT2D eigenvalue weighted by Crippen LogP contribution is 2.14. The van der Waals surface area contributed by atoms with Crippen molar-refractivity contribution in [1.82, 2.24) is 10.4 Å². The van der Waals surface area contributed by atoms with Crippen molar-refractivity contribution >= 4 is 33.3 Å². The fourth-order valence-electron chi connectivity index (χ4n) is 1.19. The minimum Gasteiger partial charge on any atom is -0.444 e. The zero-order chi connectivity index (χ0) is 13.8. The van der Waals surface area contributed by atoms with Gasteiger partial charge in [-0.15, -0.1) is 0 Å². The van der Waals surface area contributed by atoms with Crippen molar-refractivity contribution < 1.29 is 14.1 Å². The molecule has 0 aromatic carbocycles. The number of nitro groups is 1. The van der Waals surface area contributed by atoms with Crippen LogP contribution in [-0.4, -0.2) is 15.8 Å². The van der Waals surface area contributed by atoms with E-state index in [4.69, 9.17) is 4.42 Å². The van der Waals surface area contributed by atoms with Crippen LogP contribution in [0.5, 0.6) is 0 Å². The van der Waals surface area contributed by atoms with Gasteiger partial charge in [0.25, 0.3) is 5.69 Å². The topological polar surface area (TPSA) is 110 Å². The van der Waals surface area contributed by atoms with Crippen LogP contribution in [0.1, 0.15) is 10.6 Å². The molecule has 98 valence electrons. The lowest BCUT2D eigenvalue weighted by Crippen LogP contribution is -2.29. The summed E-state index contributed by atoms with van der Waals surface area (Å²) in [5, 5.41) is 10.4. The van der Waals surface area contributed by atoms with E-state index in [1.165, 1.54) is 18.2 Å². The van der Waals surface area contributed by atoms with Crippen molar-refractivity contribution in [2.75, 3.05) is 5.43 Å². The lowest BCUT2D eigenvalue weighted by Gasteiger charge is -2.05. The lowest BCUT2D eigenvalue weighted by molar-refractivity contribution is -0.385. The van der Waals surface area contributed by atoms with Gasteiger partial charge in [-0.25, -0.2) is 4.98 Å². The molecule has 2 N–H and O–H groups in total. The second kappa shape index (κ2) is 5.48. The monoisotopic (exact) mass is 326 g/mol. The molecule has 0 saturated heterocycles. The van der Waals surface area contributed by atoms with E-state index in [1.54, 1.807) is 6.07 Å². The number of anilines is 1. The number of pyridine rings is 1. The molecule has 0 fully saturated rings. The summed E-state index contributed by atoms with van der Waals surface area (Å²) in [5.41, 5.74) is 4.72. The Bertz CT molecular complexity index is 610. The van der Waals surface area contributed by atoms with Crippen LogP contribution in [0.2, 0.25) is 0 Å². The molecular weight excluding hydrogens is 320 g/mol. The van der Waals surface area contributed by atoms with Gasteiger partial charge in [0.15, 0.2) is 10.4 Å². The van der Waals surface area contributed by atoms with E-state index in [2.05, 4.69) is 31.8 Å². The van der Waals surface area contributed by atoms with Gasteiger partial charge in [0.1, 0.15) is 12.0 Å². The van der Waals surface area contributed by atoms with Gasteiger partial charge in [0, 0.05) is 6.07 Å². The van der Waals surface area contributed by atoms with Gasteiger partial charge in [-0.1, -0.05) is 0 Å². The van der Waals surface area contributed by atoms with E-state index >= 15 is 0 Å². The molecule has 0 aliphatic carbocycles. The Balaban J connectivity index is 1.95. The second-order valence-corrected chi connectivity index (χ2v) is 4.12. The third kappa shape index (κ3) is 3.28. The number of nitrogens with zero attached hydrogens (tertiary/aromatic N) is 2. The highest BCUT2D eigenvalue weighted by Gasteiger charge is 2.10. The van der Waals surface area contributed by atoms with Crippen LogP contribution in [0.15, 0.2) is 39.5 Å².